The van der Waals surface area contributed by atoms with Gasteiger partial charge in [-0.05, 0) is 28.7 Å². The van der Waals surface area contributed by atoms with E-state index in [4.69, 9.17) is 9.84 Å². The van der Waals surface area contributed by atoms with Gasteiger partial charge in [0.25, 0.3) is 0 Å². The minimum atomic E-state index is -1.01. The second-order valence-electron chi connectivity index (χ2n) is 8.10. The highest BCUT2D eigenvalue weighted by Crippen LogP contribution is 2.44. The lowest BCUT2D eigenvalue weighted by atomic mass is 9.98. The number of nitrogens with one attached hydrogen (secondary N) is 1. The van der Waals surface area contributed by atoms with Crippen LogP contribution in [0.3, 0.4) is 0 Å². The van der Waals surface area contributed by atoms with Crippen molar-refractivity contribution in [3.05, 3.63) is 59.7 Å². The van der Waals surface area contributed by atoms with Gasteiger partial charge in [0.1, 0.15) is 12.6 Å². The number of carbonyl (C=O) groups excluding carboxylic acids is 2. The van der Waals surface area contributed by atoms with Crippen LogP contribution in [0.1, 0.15) is 29.9 Å². The molecule has 2 amide bonds. The van der Waals surface area contributed by atoms with Crippen LogP contribution in [-0.4, -0.2) is 65.2 Å². The van der Waals surface area contributed by atoms with Crippen LogP contribution in [0.5, 0.6) is 0 Å². The second-order valence-corrected chi connectivity index (χ2v) is 9.17. The lowest BCUT2D eigenvalue weighted by molar-refractivity contribution is -0.138. The normalized spacial score (nSPS) is 15.8. The zero-order valence-corrected chi connectivity index (χ0v) is 18.6. The van der Waals surface area contributed by atoms with E-state index in [9.17, 15) is 14.4 Å². The Kier molecular flexibility index (Phi) is 6.69. The maximum absolute atomic E-state index is 12.9. The largest absolute Gasteiger partial charge is 0.481 e. The molecule has 2 aromatic carbocycles. The number of fused-ring (bicyclic) bond motifs is 3. The molecule has 2 aromatic rings. The molecule has 32 heavy (non-hydrogen) atoms. The lowest BCUT2D eigenvalue weighted by Crippen LogP contribution is -2.53. The Balaban J connectivity index is 1.42. The number of benzene rings is 2. The Labute approximate surface area is 191 Å². The molecule has 1 heterocycles. The van der Waals surface area contributed by atoms with E-state index in [2.05, 4.69) is 17.4 Å². The third kappa shape index (κ3) is 4.60. The highest BCUT2D eigenvalue weighted by Gasteiger charge is 2.33. The zero-order chi connectivity index (χ0) is 22.7. The molecule has 0 aromatic heterocycles. The molecule has 8 heteroatoms. The number of hydrogen-bond donors (Lipinski definition) is 2. The number of amides is 2. The average molecular weight is 455 g/mol. The summed E-state index contributed by atoms with van der Waals surface area (Å²) in [6.45, 7) is 0.134. The number of carboxylic acids is 1. The van der Waals surface area contributed by atoms with Crippen LogP contribution >= 0.6 is 11.8 Å². The number of hydrogen-bond acceptors (Lipinski definition) is 5. The van der Waals surface area contributed by atoms with Crippen molar-refractivity contribution in [2.75, 3.05) is 25.2 Å². The Bertz CT molecular complexity index is 977. The number of carbonyl (C=O) groups is 3. The third-order valence-electron chi connectivity index (χ3n) is 6.10. The molecule has 168 valence electrons. The van der Waals surface area contributed by atoms with E-state index < -0.39 is 18.1 Å². The molecule has 1 atom stereocenters. The molecule has 7 nitrogen and oxygen atoms in total. The summed E-state index contributed by atoms with van der Waals surface area (Å²) in [5, 5.41) is 11.6. The van der Waals surface area contributed by atoms with Crippen molar-refractivity contribution >= 4 is 29.7 Å². The molecule has 4 rings (SSSR count). The molecular weight excluding hydrogens is 428 g/mol. The first-order valence-corrected chi connectivity index (χ1v) is 11.8. The predicted molar refractivity (Wildman–Crippen MR) is 123 cm³/mol. The van der Waals surface area contributed by atoms with Gasteiger partial charge in [-0.3, -0.25) is 9.59 Å². The maximum atomic E-state index is 12.9. The van der Waals surface area contributed by atoms with Crippen molar-refractivity contribution in [3.8, 4) is 11.1 Å². The Morgan fingerprint density at radius 2 is 1.69 bits per heavy atom. The summed E-state index contributed by atoms with van der Waals surface area (Å²) in [5.41, 5.74) is 4.46. The van der Waals surface area contributed by atoms with Gasteiger partial charge in [0, 0.05) is 36.9 Å². The fourth-order valence-corrected chi connectivity index (χ4v) is 5.07. The van der Waals surface area contributed by atoms with Crippen molar-refractivity contribution in [1.82, 2.24) is 10.2 Å². The lowest BCUT2D eigenvalue weighted by Gasteiger charge is -2.36. The molecule has 1 aliphatic heterocycles. The molecule has 1 unspecified atom stereocenters. The first-order chi connectivity index (χ1) is 15.5. The number of alkyl carbamates (subject to hydrolysis) is 1. The van der Waals surface area contributed by atoms with E-state index in [-0.39, 0.29) is 37.3 Å². The van der Waals surface area contributed by atoms with Crippen LogP contribution in [0.2, 0.25) is 0 Å². The topological polar surface area (TPSA) is 95.9 Å². The van der Waals surface area contributed by atoms with Crippen LogP contribution in [0.15, 0.2) is 48.5 Å². The highest BCUT2D eigenvalue weighted by atomic mass is 32.2. The highest BCUT2D eigenvalue weighted by molar-refractivity contribution is 8.00. The maximum Gasteiger partial charge on any atom is 0.407 e. The Hall–Kier alpha value is -3.00. The van der Waals surface area contributed by atoms with Crippen LogP contribution in [-0.2, 0) is 14.3 Å². The fourth-order valence-electron chi connectivity index (χ4n) is 4.18. The smallest absolute Gasteiger partial charge is 0.407 e. The molecular formula is C24H26N2O5S. The quantitative estimate of drug-likeness (QED) is 0.635. The van der Waals surface area contributed by atoms with Crippen molar-refractivity contribution in [3.63, 3.8) is 0 Å². The number of rotatable bonds is 8. The van der Waals surface area contributed by atoms with Gasteiger partial charge in [-0.1, -0.05) is 48.5 Å². The number of likely N-dealkylation sites (N-methyl/N-ethyl adjacent to an activating group) is 1. The summed E-state index contributed by atoms with van der Waals surface area (Å²) < 4.78 is 5.54. The third-order valence-corrected chi connectivity index (χ3v) is 7.34. The number of ether oxygens (including phenoxy) is 1. The first-order valence-electron chi connectivity index (χ1n) is 10.6. The summed E-state index contributed by atoms with van der Waals surface area (Å²) in [6.07, 6.45) is -0.914. The summed E-state index contributed by atoms with van der Waals surface area (Å²) in [5.74, 6) is 0.303. The van der Waals surface area contributed by atoms with E-state index in [0.717, 1.165) is 33.8 Å². The van der Waals surface area contributed by atoms with Gasteiger partial charge in [-0.2, -0.15) is 11.8 Å². The molecule has 0 saturated carbocycles. The Morgan fingerprint density at radius 3 is 2.22 bits per heavy atom. The average Bonchev–Trinajstić information content (AvgIpc) is 3.07. The van der Waals surface area contributed by atoms with Gasteiger partial charge in [0.05, 0.1) is 0 Å². The van der Waals surface area contributed by atoms with Crippen molar-refractivity contribution < 1.29 is 24.2 Å². The molecule has 0 bridgehead atoms. The van der Waals surface area contributed by atoms with Crippen molar-refractivity contribution in [2.45, 2.75) is 30.8 Å². The minimum Gasteiger partial charge on any atom is -0.481 e. The van der Waals surface area contributed by atoms with Gasteiger partial charge in [0.15, 0.2) is 0 Å². The number of nitrogens with zero attached hydrogens (tertiary/aromatic N) is 1. The van der Waals surface area contributed by atoms with E-state index in [1.165, 1.54) is 0 Å². The molecule has 2 N–H and O–H groups in total. The van der Waals surface area contributed by atoms with E-state index in [1.807, 2.05) is 36.4 Å². The first kappa shape index (κ1) is 22.2. The van der Waals surface area contributed by atoms with Gasteiger partial charge in [-0.25, -0.2) is 4.79 Å². The van der Waals surface area contributed by atoms with Crippen molar-refractivity contribution in [2.24, 2.45) is 0 Å². The number of carboxylic acid groups (broad SMARTS) is 1. The van der Waals surface area contributed by atoms with Gasteiger partial charge >= 0.3 is 12.1 Å². The molecule has 1 aliphatic carbocycles. The second kappa shape index (κ2) is 9.65. The molecule has 1 saturated heterocycles. The van der Waals surface area contributed by atoms with Gasteiger partial charge < -0.3 is 20.1 Å². The molecule has 0 spiro atoms. The summed E-state index contributed by atoms with van der Waals surface area (Å²) in [4.78, 5) is 38.1. The van der Waals surface area contributed by atoms with Gasteiger partial charge in [-0.15, -0.1) is 0 Å². The number of thioether (sulfide) groups is 1. The van der Waals surface area contributed by atoms with E-state index in [0.29, 0.717) is 0 Å². The van der Waals surface area contributed by atoms with Gasteiger partial charge in [0.2, 0.25) is 5.91 Å². The monoisotopic (exact) mass is 454 g/mol. The standard InChI is InChI=1S/C24H26N2O5S/c1-26(15-13-32-14-15)23(29)21(10-11-22(27)28)25-24(30)31-12-20-18-8-4-2-6-16(18)17-7-3-5-9-19(17)20/h2-9,15,20-21H,10-14H2,1H3,(H,25,30)(H,27,28). The SMILES string of the molecule is CN(C(=O)C(CCC(=O)O)NC(=O)OCC1c2ccccc2-c2ccccc21)C1CSC1. The molecule has 1 fully saturated rings. The fraction of sp³-hybridized carbons (Fsp3) is 0.375. The van der Waals surface area contributed by atoms with Crippen LogP contribution in [0.25, 0.3) is 11.1 Å². The van der Waals surface area contributed by atoms with E-state index >= 15 is 0 Å². The predicted octanol–water partition coefficient (Wildman–Crippen LogP) is 3.33. The zero-order valence-electron chi connectivity index (χ0n) is 17.8. The van der Waals surface area contributed by atoms with Crippen LogP contribution in [0.4, 0.5) is 4.79 Å². The molecule has 2 aliphatic rings. The summed E-state index contributed by atoms with van der Waals surface area (Å²) in [6, 6.07) is 15.3. The summed E-state index contributed by atoms with van der Waals surface area (Å²) >= 11 is 1.75. The number of aliphatic carboxylic acids is 1. The van der Waals surface area contributed by atoms with Crippen molar-refractivity contribution in [1.29, 1.82) is 0 Å². The van der Waals surface area contributed by atoms with Crippen LogP contribution in [0, 0.1) is 0 Å². The molecule has 0 radical (unpaired) electrons. The summed E-state index contributed by atoms with van der Waals surface area (Å²) in [7, 11) is 1.69. The Morgan fingerprint density at radius 1 is 1.09 bits per heavy atom. The minimum absolute atomic E-state index is 0.0164. The van der Waals surface area contributed by atoms with Crippen LogP contribution < -0.4 is 5.32 Å². The van der Waals surface area contributed by atoms with E-state index in [1.54, 1.807) is 23.7 Å².